The molecule has 10 heteroatoms. The average Bonchev–Trinajstić information content (AvgIpc) is 2.77. The van der Waals surface area contributed by atoms with E-state index >= 15 is 0 Å². The quantitative estimate of drug-likeness (QED) is 0.471. The summed E-state index contributed by atoms with van der Waals surface area (Å²) in [4.78, 5) is 10.4. The molecule has 2 aromatic carbocycles. The largest absolute Gasteiger partial charge is 0.378 e. The number of nitrogens with one attached hydrogen (secondary N) is 3. The summed E-state index contributed by atoms with van der Waals surface area (Å²) in [6.45, 7) is 4.00. The molecule has 31 heavy (non-hydrogen) atoms. The van der Waals surface area contributed by atoms with Crippen molar-refractivity contribution in [2.45, 2.75) is 18.7 Å². The van der Waals surface area contributed by atoms with E-state index in [0.717, 1.165) is 11.4 Å². The number of hydrogen-bond acceptors (Lipinski definition) is 7. The lowest BCUT2D eigenvalue weighted by Crippen LogP contribution is -2.19. The van der Waals surface area contributed by atoms with Gasteiger partial charge in [-0.05, 0) is 49.5 Å². The van der Waals surface area contributed by atoms with E-state index in [2.05, 4.69) is 25.3 Å². The zero-order chi connectivity index (χ0) is 23.0. The van der Waals surface area contributed by atoms with Crippen LogP contribution in [0.4, 0.5) is 28.7 Å². The predicted octanol–water partition coefficient (Wildman–Crippen LogP) is 4.62. The van der Waals surface area contributed by atoms with Crippen LogP contribution in [0.3, 0.4) is 0 Å². The lowest BCUT2D eigenvalue weighted by Gasteiger charge is -2.17. The van der Waals surface area contributed by atoms with Gasteiger partial charge in [0.2, 0.25) is 10.0 Å². The van der Waals surface area contributed by atoms with E-state index in [0.29, 0.717) is 22.3 Å². The number of nitrogens with zero attached hydrogens (tertiary/aromatic N) is 3. The molecule has 0 bridgehead atoms. The van der Waals surface area contributed by atoms with Gasteiger partial charge in [-0.3, -0.25) is 0 Å². The van der Waals surface area contributed by atoms with Gasteiger partial charge in [-0.1, -0.05) is 25.4 Å². The number of halogens is 1. The fraction of sp³-hybridized carbons (Fsp3) is 0.238. The lowest BCUT2D eigenvalue weighted by molar-refractivity contribution is 0.588. The Morgan fingerprint density at radius 2 is 1.45 bits per heavy atom. The second kappa shape index (κ2) is 10.9. The molecule has 0 fully saturated rings. The molecule has 0 saturated heterocycles. The van der Waals surface area contributed by atoms with Crippen LogP contribution in [0.15, 0.2) is 59.8 Å². The topological polar surface area (TPSA) is 99.2 Å². The first-order chi connectivity index (χ1) is 14.8. The molecule has 0 unspecified atom stereocenters. The Balaban J connectivity index is 0.00000166. The minimum absolute atomic E-state index is 0.155. The summed E-state index contributed by atoms with van der Waals surface area (Å²) in [6.07, 6.45) is 1.42. The van der Waals surface area contributed by atoms with Gasteiger partial charge in [0.05, 0.1) is 4.90 Å². The van der Waals surface area contributed by atoms with E-state index in [1.807, 2.05) is 51.0 Å². The molecule has 0 aliphatic carbocycles. The predicted molar refractivity (Wildman–Crippen MR) is 128 cm³/mol. The number of anilines is 5. The van der Waals surface area contributed by atoms with E-state index in [9.17, 15) is 8.42 Å². The van der Waals surface area contributed by atoms with E-state index in [-0.39, 0.29) is 4.90 Å². The molecule has 0 aliphatic rings. The molecule has 0 atom stereocenters. The summed E-state index contributed by atoms with van der Waals surface area (Å²) in [5.74, 6) is 1.09. The molecule has 3 rings (SSSR count). The molecule has 1 aromatic heterocycles. The van der Waals surface area contributed by atoms with Gasteiger partial charge >= 0.3 is 0 Å². The standard InChI is InChI=1S/C19H21ClN6O2S.C2H6/c1-21-29(27,28)17-9-15(8-16(10-17)26(2)3)25-19-11-18(22-12-23-19)24-14-6-4-13(20)5-7-14;1-2/h4-12,21H,1-3H3,(H2,22,23,24,25);1-2H3. The Labute approximate surface area is 188 Å². The minimum atomic E-state index is -3.59. The molecule has 3 N–H and O–H groups in total. The third-order valence-electron chi connectivity index (χ3n) is 4.04. The van der Waals surface area contributed by atoms with Crippen LogP contribution in [0.25, 0.3) is 0 Å². The molecule has 3 aromatic rings. The summed E-state index contributed by atoms with van der Waals surface area (Å²) in [5, 5.41) is 6.95. The molecule has 0 radical (unpaired) electrons. The van der Waals surface area contributed by atoms with E-state index in [1.165, 1.54) is 13.4 Å². The smallest absolute Gasteiger partial charge is 0.240 e. The van der Waals surface area contributed by atoms with Gasteiger partial charge in [0.1, 0.15) is 18.0 Å². The first kappa shape index (κ1) is 24.4. The van der Waals surface area contributed by atoms with Gasteiger partial charge in [0.15, 0.2) is 0 Å². The van der Waals surface area contributed by atoms with E-state index < -0.39 is 10.0 Å². The van der Waals surface area contributed by atoms with Crippen molar-refractivity contribution >= 4 is 50.3 Å². The monoisotopic (exact) mass is 462 g/mol. The Kier molecular flexibility index (Phi) is 8.61. The molecule has 0 aliphatic heterocycles. The highest BCUT2D eigenvalue weighted by atomic mass is 35.5. The van der Waals surface area contributed by atoms with Crippen LogP contribution < -0.4 is 20.3 Å². The van der Waals surface area contributed by atoms with Gasteiger partial charge in [-0.2, -0.15) is 0 Å². The molecular weight excluding hydrogens is 436 g/mol. The second-order valence-corrected chi connectivity index (χ2v) is 8.69. The van der Waals surface area contributed by atoms with Crippen molar-refractivity contribution in [1.82, 2.24) is 14.7 Å². The summed E-state index contributed by atoms with van der Waals surface area (Å²) in [7, 11) is 1.47. The van der Waals surface area contributed by atoms with Gasteiger partial charge in [-0.25, -0.2) is 23.1 Å². The Morgan fingerprint density at radius 1 is 0.871 bits per heavy atom. The highest BCUT2D eigenvalue weighted by Crippen LogP contribution is 2.27. The maximum atomic E-state index is 12.3. The lowest BCUT2D eigenvalue weighted by atomic mass is 10.2. The van der Waals surface area contributed by atoms with Crippen molar-refractivity contribution in [3.8, 4) is 0 Å². The van der Waals surface area contributed by atoms with Crippen LogP contribution in [-0.4, -0.2) is 39.5 Å². The molecular formula is C21H27ClN6O2S. The van der Waals surface area contributed by atoms with Gasteiger partial charge in [0, 0.05) is 42.2 Å². The van der Waals surface area contributed by atoms with Crippen LogP contribution in [0.1, 0.15) is 13.8 Å². The molecule has 0 saturated carbocycles. The van der Waals surface area contributed by atoms with Crippen molar-refractivity contribution in [3.63, 3.8) is 0 Å². The number of hydrogen-bond donors (Lipinski definition) is 3. The molecule has 0 spiro atoms. The van der Waals surface area contributed by atoms with Crippen molar-refractivity contribution in [2.24, 2.45) is 0 Å². The van der Waals surface area contributed by atoms with Crippen molar-refractivity contribution < 1.29 is 8.42 Å². The summed E-state index contributed by atoms with van der Waals surface area (Å²) >= 11 is 5.91. The first-order valence-electron chi connectivity index (χ1n) is 9.64. The fourth-order valence-electron chi connectivity index (χ4n) is 2.51. The average molecular weight is 463 g/mol. The summed E-state index contributed by atoms with van der Waals surface area (Å²) in [6, 6.07) is 13.9. The van der Waals surface area contributed by atoms with Crippen LogP contribution in [0.5, 0.6) is 0 Å². The van der Waals surface area contributed by atoms with Crippen molar-refractivity contribution in [3.05, 3.63) is 59.9 Å². The third-order valence-corrected chi connectivity index (χ3v) is 5.69. The van der Waals surface area contributed by atoms with Crippen LogP contribution in [0.2, 0.25) is 5.02 Å². The van der Waals surface area contributed by atoms with Gasteiger partial charge in [0.25, 0.3) is 0 Å². The minimum Gasteiger partial charge on any atom is -0.378 e. The van der Waals surface area contributed by atoms with Crippen LogP contribution in [0, 0.1) is 0 Å². The maximum Gasteiger partial charge on any atom is 0.240 e. The van der Waals surface area contributed by atoms with Gasteiger partial charge < -0.3 is 15.5 Å². The van der Waals surface area contributed by atoms with Crippen LogP contribution in [-0.2, 0) is 10.0 Å². The van der Waals surface area contributed by atoms with Crippen molar-refractivity contribution in [2.75, 3.05) is 36.7 Å². The van der Waals surface area contributed by atoms with E-state index in [1.54, 1.807) is 30.3 Å². The molecule has 166 valence electrons. The number of benzene rings is 2. The zero-order valence-corrected chi connectivity index (χ0v) is 19.7. The maximum absolute atomic E-state index is 12.3. The SMILES string of the molecule is CC.CNS(=O)(=O)c1cc(Nc2cc(Nc3ccc(Cl)cc3)ncn2)cc(N(C)C)c1. The highest BCUT2D eigenvalue weighted by molar-refractivity contribution is 7.89. The molecule has 0 amide bonds. The Bertz CT molecular complexity index is 1110. The Hall–Kier alpha value is -2.88. The summed E-state index contributed by atoms with van der Waals surface area (Å²) < 4.78 is 26.9. The number of rotatable bonds is 7. The number of sulfonamides is 1. The summed E-state index contributed by atoms with van der Waals surface area (Å²) in [5.41, 5.74) is 2.15. The van der Waals surface area contributed by atoms with Crippen molar-refractivity contribution in [1.29, 1.82) is 0 Å². The Morgan fingerprint density at radius 3 is 2.00 bits per heavy atom. The first-order valence-corrected chi connectivity index (χ1v) is 11.5. The van der Waals surface area contributed by atoms with E-state index in [4.69, 9.17) is 11.6 Å². The zero-order valence-electron chi connectivity index (χ0n) is 18.1. The normalized spacial score (nSPS) is 10.6. The second-order valence-electron chi connectivity index (χ2n) is 6.36. The molecule has 8 nitrogen and oxygen atoms in total. The fourth-order valence-corrected chi connectivity index (χ4v) is 3.43. The van der Waals surface area contributed by atoms with Crippen LogP contribution >= 0.6 is 11.6 Å². The number of aromatic nitrogens is 2. The van der Waals surface area contributed by atoms with Gasteiger partial charge in [-0.15, -0.1) is 0 Å². The third kappa shape index (κ3) is 6.81. The highest BCUT2D eigenvalue weighted by Gasteiger charge is 2.15. The molecule has 1 heterocycles.